The van der Waals surface area contributed by atoms with E-state index < -0.39 is 10.0 Å². The molecule has 0 bridgehead atoms. The van der Waals surface area contributed by atoms with E-state index in [0.29, 0.717) is 24.2 Å². The van der Waals surface area contributed by atoms with Crippen molar-refractivity contribution in [1.82, 2.24) is 4.90 Å². The number of nitrogens with two attached hydrogens (primary N) is 1. The topological polar surface area (TPSA) is 89.7 Å². The van der Waals surface area contributed by atoms with Gasteiger partial charge >= 0.3 is 0 Å². The fourth-order valence-electron chi connectivity index (χ4n) is 2.54. The van der Waals surface area contributed by atoms with Crippen LogP contribution in [0.5, 0.6) is 0 Å². The lowest BCUT2D eigenvalue weighted by molar-refractivity contribution is 0.0269. The van der Waals surface area contributed by atoms with Crippen LogP contribution in [0.25, 0.3) is 0 Å². The zero-order valence-corrected chi connectivity index (χ0v) is 13.0. The third-order valence-electron chi connectivity index (χ3n) is 3.74. The molecule has 1 aliphatic heterocycles. The summed E-state index contributed by atoms with van der Waals surface area (Å²) >= 11 is 0. The molecule has 1 fully saturated rings. The number of ether oxygens (including phenoxy) is 1. The number of carbonyl (C=O) groups excluding carboxylic acids is 1. The van der Waals surface area contributed by atoms with E-state index in [-0.39, 0.29) is 16.9 Å². The van der Waals surface area contributed by atoms with Crippen LogP contribution < -0.4 is 5.14 Å². The van der Waals surface area contributed by atoms with Crippen LogP contribution in [0.1, 0.15) is 28.8 Å². The molecule has 6 nitrogen and oxygen atoms in total. The Balaban J connectivity index is 2.28. The number of methoxy groups -OCH3 is 1. The van der Waals surface area contributed by atoms with E-state index in [4.69, 9.17) is 9.88 Å². The molecule has 21 heavy (non-hydrogen) atoms. The fraction of sp³-hybridized carbons (Fsp3) is 0.500. The lowest BCUT2D eigenvalue weighted by Gasteiger charge is -2.32. The highest BCUT2D eigenvalue weighted by Gasteiger charge is 2.25. The van der Waals surface area contributed by atoms with Crippen molar-refractivity contribution in [3.63, 3.8) is 0 Å². The summed E-state index contributed by atoms with van der Waals surface area (Å²) in [5.74, 6) is -0.193. The maximum Gasteiger partial charge on any atom is 0.253 e. The largest absolute Gasteiger partial charge is 0.380 e. The van der Waals surface area contributed by atoms with Gasteiger partial charge in [0, 0.05) is 25.8 Å². The van der Waals surface area contributed by atoms with Crippen molar-refractivity contribution >= 4 is 15.9 Å². The minimum atomic E-state index is -3.83. The lowest BCUT2D eigenvalue weighted by atomic mass is 10.1. The number of sulfonamides is 1. The molecule has 1 atom stereocenters. The van der Waals surface area contributed by atoms with Crippen LogP contribution in [-0.4, -0.2) is 45.5 Å². The van der Waals surface area contributed by atoms with Crippen molar-refractivity contribution in [2.75, 3.05) is 20.2 Å². The van der Waals surface area contributed by atoms with E-state index in [0.717, 1.165) is 12.8 Å². The molecule has 1 amide bonds. The molecule has 1 aromatic rings. The monoisotopic (exact) mass is 312 g/mol. The SMILES string of the molecule is COC1CCCN(C(=O)c2ccc(C)c(S(N)(=O)=O)c2)C1. The highest BCUT2D eigenvalue weighted by molar-refractivity contribution is 7.89. The number of nitrogens with zero attached hydrogens (tertiary/aromatic N) is 1. The Morgan fingerprint density at radius 1 is 1.43 bits per heavy atom. The first kappa shape index (κ1) is 15.9. The first-order chi connectivity index (χ1) is 9.82. The second-order valence-electron chi connectivity index (χ2n) is 5.28. The van der Waals surface area contributed by atoms with Gasteiger partial charge in [-0.05, 0) is 37.5 Å². The van der Waals surface area contributed by atoms with E-state index in [1.807, 2.05) is 0 Å². The molecule has 0 saturated carbocycles. The molecule has 1 heterocycles. The molecule has 2 rings (SSSR count). The zero-order chi connectivity index (χ0) is 15.6. The molecular formula is C14H20N2O4S. The second kappa shape index (κ2) is 6.13. The average Bonchev–Trinajstić information content (AvgIpc) is 2.46. The standard InChI is InChI=1S/C14H20N2O4S/c1-10-5-6-11(8-13(10)21(15,18)19)14(17)16-7-3-4-12(9-16)20-2/h5-6,8,12H,3-4,7,9H2,1-2H3,(H2,15,18,19). The minimum absolute atomic E-state index is 0.00588. The number of rotatable bonds is 3. The predicted molar refractivity (Wildman–Crippen MR) is 78.5 cm³/mol. The number of amides is 1. The molecule has 1 aromatic carbocycles. The summed E-state index contributed by atoms with van der Waals surface area (Å²) in [5.41, 5.74) is 0.865. The number of primary sulfonamides is 1. The van der Waals surface area contributed by atoms with Crippen molar-refractivity contribution in [1.29, 1.82) is 0 Å². The lowest BCUT2D eigenvalue weighted by Crippen LogP contribution is -2.42. The van der Waals surface area contributed by atoms with Crippen LogP contribution in [0.3, 0.4) is 0 Å². The number of hydrogen-bond donors (Lipinski definition) is 1. The highest BCUT2D eigenvalue weighted by Crippen LogP contribution is 2.19. The number of benzene rings is 1. The van der Waals surface area contributed by atoms with Gasteiger partial charge in [-0.1, -0.05) is 6.07 Å². The Hall–Kier alpha value is -1.44. The summed E-state index contributed by atoms with van der Waals surface area (Å²) in [6.45, 7) is 2.82. The van der Waals surface area contributed by atoms with Crippen LogP contribution in [-0.2, 0) is 14.8 Å². The summed E-state index contributed by atoms with van der Waals surface area (Å²) in [5, 5.41) is 5.18. The van der Waals surface area contributed by atoms with E-state index in [9.17, 15) is 13.2 Å². The fourth-order valence-corrected chi connectivity index (χ4v) is 3.35. The number of carbonyl (C=O) groups is 1. The summed E-state index contributed by atoms with van der Waals surface area (Å²) < 4.78 is 28.4. The van der Waals surface area contributed by atoms with Gasteiger partial charge in [0.1, 0.15) is 0 Å². The van der Waals surface area contributed by atoms with E-state index in [1.54, 1.807) is 31.1 Å². The normalized spacial score (nSPS) is 19.6. The third-order valence-corrected chi connectivity index (χ3v) is 4.79. The quantitative estimate of drug-likeness (QED) is 0.897. The van der Waals surface area contributed by atoms with Gasteiger partial charge in [-0.3, -0.25) is 4.79 Å². The van der Waals surface area contributed by atoms with Gasteiger partial charge in [-0.25, -0.2) is 13.6 Å². The van der Waals surface area contributed by atoms with Gasteiger partial charge in [0.25, 0.3) is 5.91 Å². The molecule has 1 saturated heterocycles. The van der Waals surface area contributed by atoms with Gasteiger partial charge in [-0.2, -0.15) is 0 Å². The van der Waals surface area contributed by atoms with Crippen molar-refractivity contribution in [2.45, 2.75) is 30.8 Å². The van der Waals surface area contributed by atoms with Crippen LogP contribution in [0.2, 0.25) is 0 Å². The van der Waals surface area contributed by atoms with Crippen molar-refractivity contribution in [2.24, 2.45) is 5.14 Å². The molecule has 116 valence electrons. The Labute approximate surface area is 124 Å². The van der Waals surface area contributed by atoms with Crippen molar-refractivity contribution in [3.8, 4) is 0 Å². The Morgan fingerprint density at radius 3 is 2.76 bits per heavy atom. The van der Waals surface area contributed by atoms with Gasteiger partial charge in [0.15, 0.2) is 0 Å². The molecule has 0 radical (unpaired) electrons. The van der Waals surface area contributed by atoms with Gasteiger partial charge in [0.05, 0.1) is 11.0 Å². The van der Waals surface area contributed by atoms with Crippen LogP contribution >= 0.6 is 0 Å². The molecule has 1 aliphatic rings. The molecule has 0 aromatic heterocycles. The first-order valence-corrected chi connectivity index (χ1v) is 8.33. The minimum Gasteiger partial charge on any atom is -0.380 e. The number of aryl methyl sites for hydroxylation is 1. The molecular weight excluding hydrogens is 292 g/mol. The van der Waals surface area contributed by atoms with Crippen LogP contribution in [0, 0.1) is 6.92 Å². The van der Waals surface area contributed by atoms with E-state index in [1.165, 1.54) is 6.07 Å². The van der Waals surface area contributed by atoms with Crippen molar-refractivity contribution < 1.29 is 17.9 Å². The maximum atomic E-state index is 12.5. The molecule has 2 N–H and O–H groups in total. The number of piperidine rings is 1. The third kappa shape index (κ3) is 3.61. The van der Waals surface area contributed by atoms with E-state index in [2.05, 4.69) is 0 Å². The Morgan fingerprint density at radius 2 is 2.14 bits per heavy atom. The predicted octanol–water partition coefficient (Wildman–Crippen LogP) is 0.893. The molecule has 0 spiro atoms. The Bertz CT molecular complexity index is 642. The maximum absolute atomic E-state index is 12.5. The summed E-state index contributed by atoms with van der Waals surface area (Å²) in [7, 11) is -2.20. The smallest absolute Gasteiger partial charge is 0.253 e. The highest BCUT2D eigenvalue weighted by atomic mass is 32.2. The Kier molecular flexibility index (Phi) is 4.65. The summed E-state index contributed by atoms with van der Waals surface area (Å²) in [4.78, 5) is 14.2. The molecule has 1 unspecified atom stereocenters. The number of hydrogen-bond acceptors (Lipinski definition) is 4. The summed E-state index contributed by atoms with van der Waals surface area (Å²) in [6, 6.07) is 4.58. The van der Waals surface area contributed by atoms with Crippen LogP contribution in [0.4, 0.5) is 0 Å². The van der Waals surface area contributed by atoms with Crippen LogP contribution in [0.15, 0.2) is 23.1 Å². The molecule has 7 heteroatoms. The second-order valence-corrected chi connectivity index (χ2v) is 6.81. The van der Waals surface area contributed by atoms with Crippen molar-refractivity contribution in [3.05, 3.63) is 29.3 Å². The van der Waals surface area contributed by atoms with E-state index >= 15 is 0 Å². The number of likely N-dealkylation sites (tertiary alicyclic amines) is 1. The van der Waals surface area contributed by atoms with Gasteiger partial charge in [-0.15, -0.1) is 0 Å². The first-order valence-electron chi connectivity index (χ1n) is 6.78. The zero-order valence-electron chi connectivity index (χ0n) is 12.2. The van der Waals surface area contributed by atoms with Gasteiger partial charge < -0.3 is 9.64 Å². The molecule has 0 aliphatic carbocycles. The van der Waals surface area contributed by atoms with Gasteiger partial charge in [0.2, 0.25) is 10.0 Å². The average molecular weight is 312 g/mol. The summed E-state index contributed by atoms with van der Waals surface area (Å²) in [6.07, 6.45) is 1.83.